The van der Waals surface area contributed by atoms with Gasteiger partial charge in [0.15, 0.2) is 0 Å². The lowest BCUT2D eigenvalue weighted by atomic mass is 9.99. The Bertz CT molecular complexity index is 741. The third-order valence-electron chi connectivity index (χ3n) is 5.40. The minimum atomic E-state index is -3.66. The average Bonchev–Trinajstić information content (AvgIpc) is 2.62. The number of amides is 1. The van der Waals surface area contributed by atoms with Gasteiger partial charge in [0.25, 0.3) is 0 Å². The number of likely N-dealkylation sites (tertiary alicyclic amines) is 1. The second kappa shape index (κ2) is 9.66. The SMILES string of the molecule is Cc1ccc(S(=O)(=O)N(C)CC(=O)NCCCN2CCC(C)CC2)cc1C. The molecule has 1 aromatic carbocycles. The zero-order valence-electron chi connectivity index (χ0n) is 17.0. The van der Waals surface area contributed by atoms with Crippen molar-refractivity contribution < 1.29 is 13.2 Å². The van der Waals surface area contributed by atoms with Crippen LogP contribution in [0.25, 0.3) is 0 Å². The average molecular weight is 396 g/mol. The van der Waals surface area contributed by atoms with E-state index in [1.807, 2.05) is 13.8 Å². The maximum atomic E-state index is 12.6. The number of benzene rings is 1. The molecule has 1 aliphatic rings. The van der Waals surface area contributed by atoms with E-state index < -0.39 is 10.0 Å². The van der Waals surface area contributed by atoms with E-state index in [0.717, 1.165) is 47.4 Å². The Balaban J connectivity index is 1.76. The molecule has 1 amide bonds. The molecule has 1 aliphatic heterocycles. The fourth-order valence-corrected chi connectivity index (χ4v) is 4.43. The molecule has 0 atom stereocenters. The Kier molecular flexibility index (Phi) is 7.82. The van der Waals surface area contributed by atoms with Crippen molar-refractivity contribution in [3.8, 4) is 0 Å². The predicted octanol–water partition coefficient (Wildman–Crippen LogP) is 2.16. The maximum Gasteiger partial charge on any atom is 0.243 e. The number of nitrogens with zero attached hydrogens (tertiary/aromatic N) is 2. The molecule has 0 bridgehead atoms. The van der Waals surface area contributed by atoms with Gasteiger partial charge in [-0.05, 0) is 81.9 Å². The van der Waals surface area contributed by atoms with Crippen molar-refractivity contribution in [1.29, 1.82) is 0 Å². The molecule has 0 aliphatic carbocycles. The summed E-state index contributed by atoms with van der Waals surface area (Å²) in [4.78, 5) is 14.8. The molecule has 6 nitrogen and oxygen atoms in total. The van der Waals surface area contributed by atoms with Gasteiger partial charge in [-0.2, -0.15) is 4.31 Å². The molecule has 0 unspecified atom stereocenters. The largest absolute Gasteiger partial charge is 0.355 e. The number of hydrogen-bond acceptors (Lipinski definition) is 4. The molecule has 0 aromatic heterocycles. The third kappa shape index (κ3) is 6.30. The van der Waals surface area contributed by atoms with Gasteiger partial charge < -0.3 is 10.2 Å². The first kappa shape index (κ1) is 21.9. The van der Waals surface area contributed by atoms with Crippen LogP contribution in [0.15, 0.2) is 23.1 Å². The number of rotatable bonds is 8. The van der Waals surface area contributed by atoms with Crippen LogP contribution in [0.1, 0.15) is 37.3 Å². The monoisotopic (exact) mass is 395 g/mol. The predicted molar refractivity (Wildman–Crippen MR) is 108 cm³/mol. The summed E-state index contributed by atoms with van der Waals surface area (Å²) in [5.41, 5.74) is 1.96. The van der Waals surface area contributed by atoms with Crippen LogP contribution >= 0.6 is 0 Å². The first-order valence-electron chi connectivity index (χ1n) is 9.73. The van der Waals surface area contributed by atoms with Crippen molar-refractivity contribution in [2.24, 2.45) is 5.92 Å². The van der Waals surface area contributed by atoms with Crippen LogP contribution in [0.3, 0.4) is 0 Å². The zero-order valence-corrected chi connectivity index (χ0v) is 17.8. The summed E-state index contributed by atoms with van der Waals surface area (Å²) in [5, 5.41) is 2.83. The Labute approximate surface area is 164 Å². The van der Waals surface area contributed by atoms with Gasteiger partial charge in [0.05, 0.1) is 11.4 Å². The van der Waals surface area contributed by atoms with E-state index >= 15 is 0 Å². The summed E-state index contributed by atoms with van der Waals surface area (Å²) < 4.78 is 26.4. The number of piperidine rings is 1. The van der Waals surface area contributed by atoms with Crippen LogP contribution in [0.5, 0.6) is 0 Å². The Morgan fingerprint density at radius 1 is 1.22 bits per heavy atom. The van der Waals surface area contributed by atoms with Gasteiger partial charge in [-0.3, -0.25) is 4.79 Å². The number of nitrogens with one attached hydrogen (secondary N) is 1. The normalized spacial score (nSPS) is 16.6. The standard InChI is InChI=1S/C20H33N3O3S/c1-16-8-12-23(13-9-16)11-5-10-21-20(24)15-22(4)27(25,26)19-7-6-17(2)18(3)14-19/h6-7,14,16H,5,8-13,15H2,1-4H3,(H,21,24). The number of aryl methyl sites for hydroxylation is 2. The Morgan fingerprint density at radius 3 is 2.52 bits per heavy atom. The van der Waals surface area contributed by atoms with Gasteiger partial charge in [0, 0.05) is 13.6 Å². The lowest BCUT2D eigenvalue weighted by Crippen LogP contribution is -2.40. The minimum absolute atomic E-state index is 0.170. The van der Waals surface area contributed by atoms with Gasteiger partial charge in [-0.15, -0.1) is 0 Å². The number of sulfonamides is 1. The summed E-state index contributed by atoms with van der Waals surface area (Å²) in [5.74, 6) is 0.549. The van der Waals surface area contributed by atoms with Crippen molar-refractivity contribution in [3.05, 3.63) is 29.3 Å². The van der Waals surface area contributed by atoms with Crippen molar-refractivity contribution >= 4 is 15.9 Å². The number of hydrogen-bond donors (Lipinski definition) is 1. The summed E-state index contributed by atoms with van der Waals surface area (Å²) in [6.45, 7) is 9.75. The second-order valence-electron chi connectivity index (χ2n) is 7.73. The minimum Gasteiger partial charge on any atom is -0.355 e. The zero-order chi connectivity index (χ0) is 20.0. The highest BCUT2D eigenvalue weighted by Gasteiger charge is 2.23. The van der Waals surface area contributed by atoms with Crippen LogP contribution in [-0.4, -0.2) is 63.3 Å². The van der Waals surface area contributed by atoms with E-state index in [4.69, 9.17) is 0 Å². The van der Waals surface area contributed by atoms with E-state index in [1.54, 1.807) is 18.2 Å². The molecule has 1 aromatic rings. The fourth-order valence-electron chi connectivity index (χ4n) is 3.21. The van der Waals surface area contributed by atoms with Crippen molar-refractivity contribution in [2.75, 3.05) is 39.8 Å². The van der Waals surface area contributed by atoms with Gasteiger partial charge in [0.2, 0.25) is 15.9 Å². The van der Waals surface area contributed by atoms with Crippen molar-refractivity contribution in [3.63, 3.8) is 0 Å². The molecule has 152 valence electrons. The first-order valence-corrected chi connectivity index (χ1v) is 11.2. The summed E-state index contributed by atoms with van der Waals surface area (Å²) in [7, 11) is -2.22. The summed E-state index contributed by atoms with van der Waals surface area (Å²) >= 11 is 0. The van der Waals surface area contributed by atoms with Gasteiger partial charge in [-0.1, -0.05) is 13.0 Å². The van der Waals surface area contributed by atoms with Crippen LogP contribution < -0.4 is 5.32 Å². The van der Waals surface area contributed by atoms with Gasteiger partial charge >= 0.3 is 0 Å². The summed E-state index contributed by atoms with van der Waals surface area (Å²) in [6.07, 6.45) is 3.37. The number of carbonyl (C=O) groups excluding carboxylic acids is 1. The quantitative estimate of drug-likeness (QED) is 0.685. The summed E-state index contributed by atoms with van der Waals surface area (Å²) in [6, 6.07) is 5.03. The molecule has 1 N–H and O–H groups in total. The van der Waals surface area contributed by atoms with Gasteiger partial charge in [-0.25, -0.2) is 8.42 Å². The smallest absolute Gasteiger partial charge is 0.243 e. The van der Waals surface area contributed by atoms with Crippen molar-refractivity contribution in [1.82, 2.24) is 14.5 Å². The van der Waals surface area contributed by atoms with E-state index in [-0.39, 0.29) is 17.3 Å². The molecule has 1 saturated heterocycles. The second-order valence-corrected chi connectivity index (χ2v) is 9.78. The van der Waals surface area contributed by atoms with Crippen molar-refractivity contribution in [2.45, 2.75) is 44.9 Å². The molecular weight excluding hydrogens is 362 g/mol. The van der Waals surface area contributed by atoms with E-state index in [0.29, 0.717) is 6.54 Å². The highest BCUT2D eigenvalue weighted by molar-refractivity contribution is 7.89. The number of likely N-dealkylation sites (N-methyl/N-ethyl adjacent to an activating group) is 1. The lowest BCUT2D eigenvalue weighted by Gasteiger charge is -2.30. The Morgan fingerprint density at radius 2 is 1.89 bits per heavy atom. The van der Waals surface area contributed by atoms with Gasteiger partial charge in [0.1, 0.15) is 0 Å². The molecule has 0 radical (unpaired) electrons. The molecule has 27 heavy (non-hydrogen) atoms. The lowest BCUT2D eigenvalue weighted by molar-refractivity contribution is -0.121. The van der Waals surface area contributed by atoms with Crippen LogP contribution in [0, 0.1) is 19.8 Å². The van der Waals surface area contributed by atoms with E-state index in [2.05, 4.69) is 17.1 Å². The third-order valence-corrected chi connectivity index (χ3v) is 7.20. The van der Waals surface area contributed by atoms with E-state index in [9.17, 15) is 13.2 Å². The molecular formula is C20H33N3O3S. The topological polar surface area (TPSA) is 69.7 Å². The molecule has 0 saturated carbocycles. The van der Waals surface area contributed by atoms with Crippen LogP contribution in [0.4, 0.5) is 0 Å². The number of carbonyl (C=O) groups is 1. The molecule has 2 rings (SSSR count). The molecule has 1 heterocycles. The molecule has 1 fully saturated rings. The van der Waals surface area contributed by atoms with Crippen LogP contribution in [0.2, 0.25) is 0 Å². The van der Waals surface area contributed by atoms with E-state index in [1.165, 1.54) is 19.9 Å². The molecule has 7 heteroatoms. The molecule has 0 spiro atoms. The van der Waals surface area contributed by atoms with Crippen LogP contribution in [-0.2, 0) is 14.8 Å². The maximum absolute atomic E-state index is 12.6. The Hall–Kier alpha value is -1.44. The fraction of sp³-hybridized carbons (Fsp3) is 0.650. The highest BCUT2D eigenvalue weighted by atomic mass is 32.2. The highest BCUT2D eigenvalue weighted by Crippen LogP contribution is 2.18. The first-order chi connectivity index (χ1) is 12.7.